The topological polar surface area (TPSA) is 95.0 Å². The molecule has 1 aromatic carbocycles. The second-order valence-corrected chi connectivity index (χ2v) is 10.0. The van der Waals surface area contributed by atoms with Crippen molar-refractivity contribution in [2.45, 2.75) is 30.9 Å². The Kier molecular flexibility index (Phi) is 4.89. The van der Waals surface area contributed by atoms with Crippen molar-refractivity contribution in [1.82, 2.24) is 9.42 Å². The molecule has 23 heavy (non-hydrogen) atoms. The van der Waals surface area contributed by atoms with Gasteiger partial charge in [-0.05, 0) is 25.5 Å². The van der Waals surface area contributed by atoms with Crippen LogP contribution < -0.4 is 0 Å². The first-order valence-electron chi connectivity index (χ1n) is 7.13. The molecule has 0 aliphatic carbocycles. The summed E-state index contributed by atoms with van der Waals surface area (Å²) in [6.07, 6.45) is -1.25. The summed E-state index contributed by atoms with van der Waals surface area (Å²) >= 11 is 0. The molecule has 0 bridgehead atoms. The first-order chi connectivity index (χ1) is 10.5. The molecule has 0 saturated carbocycles. The predicted octanol–water partition coefficient (Wildman–Crippen LogP) is -0.0714. The van der Waals surface area contributed by atoms with Gasteiger partial charge in [-0.3, -0.25) is 0 Å². The van der Waals surface area contributed by atoms with Gasteiger partial charge in [-0.15, -0.1) is 4.41 Å². The quantitative estimate of drug-likeness (QED) is 0.754. The fraction of sp³-hybridized carbons (Fsp3) is 0.571. The van der Waals surface area contributed by atoms with Gasteiger partial charge < -0.3 is 5.11 Å². The summed E-state index contributed by atoms with van der Waals surface area (Å²) in [4.78, 5) is 0.105. The molecule has 1 saturated heterocycles. The minimum atomic E-state index is -3.98. The zero-order valence-corrected chi connectivity index (χ0v) is 15.2. The van der Waals surface area contributed by atoms with E-state index in [4.69, 9.17) is 0 Å². The molecule has 7 nitrogen and oxygen atoms in total. The summed E-state index contributed by atoms with van der Waals surface area (Å²) in [6.45, 7) is 3.55. The maximum atomic E-state index is 13.0. The molecule has 0 aromatic heterocycles. The molecular weight excluding hydrogens is 340 g/mol. The third kappa shape index (κ3) is 3.58. The molecule has 1 aliphatic heterocycles. The number of nitrogens with zero attached hydrogens (tertiary/aromatic N) is 2. The SMILES string of the molecule is Cc1ccc(S(=O)(=O)N([C@@H]2CS(=O)(=O)C[C@H]2O)N(C)C)c(C)c1. The largest absolute Gasteiger partial charge is 0.390 e. The van der Waals surface area contributed by atoms with E-state index in [1.54, 1.807) is 19.1 Å². The van der Waals surface area contributed by atoms with Gasteiger partial charge >= 0.3 is 0 Å². The lowest BCUT2D eigenvalue weighted by Gasteiger charge is -2.34. The molecule has 1 fully saturated rings. The third-order valence-electron chi connectivity index (χ3n) is 3.83. The summed E-state index contributed by atoms with van der Waals surface area (Å²) in [7, 11) is -4.42. The molecule has 130 valence electrons. The maximum absolute atomic E-state index is 13.0. The Hall–Kier alpha value is -1.00. The van der Waals surface area contributed by atoms with Gasteiger partial charge in [0.2, 0.25) is 0 Å². The molecule has 1 aromatic rings. The monoisotopic (exact) mass is 362 g/mol. The van der Waals surface area contributed by atoms with Crippen molar-refractivity contribution in [3.63, 3.8) is 0 Å². The van der Waals surface area contributed by atoms with Crippen LogP contribution in [0.4, 0.5) is 0 Å². The number of rotatable bonds is 4. The molecule has 9 heteroatoms. The Morgan fingerprint density at radius 2 is 1.78 bits per heavy atom. The number of benzene rings is 1. The summed E-state index contributed by atoms with van der Waals surface area (Å²) in [5.41, 5.74) is 1.51. The van der Waals surface area contributed by atoms with E-state index in [1.807, 2.05) is 6.92 Å². The lowest BCUT2D eigenvalue weighted by molar-refractivity contribution is 0.0271. The van der Waals surface area contributed by atoms with Crippen LogP contribution in [0.3, 0.4) is 0 Å². The number of aliphatic hydroxyl groups excluding tert-OH is 1. The van der Waals surface area contributed by atoms with Gasteiger partial charge in [-0.25, -0.2) is 21.8 Å². The minimum Gasteiger partial charge on any atom is -0.390 e. The van der Waals surface area contributed by atoms with Crippen LogP contribution in [0, 0.1) is 13.8 Å². The van der Waals surface area contributed by atoms with Crippen LogP contribution >= 0.6 is 0 Å². The first-order valence-corrected chi connectivity index (χ1v) is 10.4. The van der Waals surface area contributed by atoms with E-state index < -0.39 is 43.5 Å². The Morgan fingerprint density at radius 3 is 2.22 bits per heavy atom. The highest BCUT2D eigenvalue weighted by Crippen LogP contribution is 2.28. The van der Waals surface area contributed by atoms with Crippen molar-refractivity contribution in [2.24, 2.45) is 0 Å². The van der Waals surface area contributed by atoms with Crippen LogP contribution in [-0.4, -0.2) is 69.1 Å². The van der Waals surface area contributed by atoms with Crippen LogP contribution in [0.5, 0.6) is 0 Å². The Morgan fingerprint density at radius 1 is 1.17 bits per heavy atom. The third-order valence-corrected chi connectivity index (χ3v) is 7.63. The van der Waals surface area contributed by atoms with E-state index in [0.717, 1.165) is 9.98 Å². The molecule has 0 unspecified atom stereocenters. The molecular formula is C14H22N2O5S2. The average molecular weight is 362 g/mol. The lowest BCUT2D eigenvalue weighted by Crippen LogP contribution is -2.53. The normalized spacial score (nSPS) is 24.5. The smallest absolute Gasteiger partial charge is 0.256 e. The number of aliphatic hydroxyl groups is 1. The van der Waals surface area contributed by atoms with Crippen LogP contribution in [0.2, 0.25) is 0 Å². The van der Waals surface area contributed by atoms with Crippen molar-refractivity contribution in [3.8, 4) is 0 Å². The highest BCUT2D eigenvalue weighted by atomic mass is 32.2. The fourth-order valence-corrected chi connectivity index (χ4v) is 6.67. The number of hydrazine groups is 1. The van der Waals surface area contributed by atoms with Crippen LogP contribution in [0.25, 0.3) is 0 Å². The summed E-state index contributed by atoms with van der Waals surface area (Å²) in [5, 5.41) is 11.4. The number of aryl methyl sites for hydroxylation is 2. The summed E-state index contributed by atoms with van der Waals surface area (Å²) in [5.74, 6) is -0.819. The molecule has 1 N–H and O–H groups in total. The zero-order valence-electron chi connectivity index (χ0n) is 13.6. The van der Waals surface area contributed by atoms with Crippen molar-refractivity contribution in [1.29, 1.82) is 0 Å². The zero-order chi connectivity index (χ0) is 17.6. The number of sulfonamides is 1. The number of sulfone groups is 1. The van der Waals surface area contributed by atoms with Crippen molar-refractivity contribution in [3.05, 3.63) is 29.3 Å². The van der Waals surface area contributed by atoms with Gasteiger partial charge in [0.25, 0.3) is 10.0 Å². The van der Waals surface area contributed by atoms with Gasteiger partial charge in [-0.2, -0.15) is 0 Å². The molecule has 0 radical (unpaired) electrons. The van der Waals surface area contributed by atoms with Crippen molar-refractivity contribution >= 4 is 19.9 Å². The van der Waals surface area contributed by atoms with Gasteiger partial charge in [0.05, 0.1) is 28.5 Å². The molecule has 2 atom stereocenters. The van der Waals surface area contributed by atoms with Crippen LogP contribution in [0.15, 0.2) is 23.1 Å². The number of hydrogen-bond donors (Lipinski definition) is 1. The molecule has 0 spiro atoms. The highest BCUT2D eigenvalue weighted by molar-refractivity contribution is 7.92. The van der Waals surface area contributed by atoms with Gasteiger partial charge in [0.1, 0.15) is 0 Å². The fourth-order valence-electron chi connectivity index (χ4n) is 2.90. The van der Waals surface area contributed by atoms with E-state index in [0.29, 0.717) is 5.56 Å². The highest BCUT2D eigenvalue weighted by Gasteiger charge is 2.46. The average Bonchev–Trinajstić information content (AvgIpc) is 2.61. The molecule has 0 amide bonds. The van der Waals surface area contributed by atoms with E-state index in [9.17, 15) is 21.9 Å². The molecule has 2 rings (SSSR count). The second kappa shape index (κ2) is 6.14. The van der Waals surface area contributed by atoms with Gasteiger partial charge in [-0.1, -0.05) is 17.7 Å². The van der Waals surface area contributed by atoms with E-state index in [2.05, 4.69) is 0 Å². The molecule has 1 heterocycles. The summed E-state index contributed by atoms with van der Waals surface area (Å²) in [6, 6.07) is 3.92. The number of hydrogen-bond acceptors (Lipinski definition) is 6. The van der Waals surface area contributed by atoms with Crippen LogP contribution in [-0.2, 0) is 19.9 Å². The van der Waals surface area contributed by atoms with E-state index in [1.165, 1.54) is 25.2 Å². The Balaban J connectivity index is 2.53. The Bertz CT molecular complexity index is 802. The van der Waals surface area contributed by atoms with E-state index >= 15 is 0 Å². The predicted molar refractivity (Wildman–Crippen MR) is 87.1 cm³/mol. The summed E-state index contributed by atoms with van der Waals surface area (Å²) < 4.78 is 50.5. The van der Waals surface area contributed by atoms with Crippen molar-refractivity contribution in [2.75, 3.05) is 25.6 Å². The minimum absolute atomic E-state index is 0.105. The van der Waals surface area contributed by atoms with E-state index in [-0.39, 0.29) is 4.90 Å². The van der Waals surface area contributed by atoms with Crippen LogP contribution in [0.1, 0.15) is 11.1 Å². The first kappa shape index (κ1) is 18.3. The molecule has 1 aliphatic rings. The van der Waals surface area contributed by atoms with Gasteiger partial charge in [0, 0.05) is 14.1 Å². The second-order valence-electron chi connectivity index (χ2n) is 6.11. The maximum Gasteiger partial charge on any atom is 0.256 e. The van der Waals surface area contributed by atoms with Crippen molar-refractivity contribution < 1.29 is 21.9 Å². The standard InChI is InChI=1S/C14H22N2O5S2/c1-10-5-6-14(11(2)7-10)23(20,21)16(15(3)4)12-8-22(18,19)9-13(12)17/h5-7,12-13,17H,8-9H2,1-4H3/t12-,13-/m1/s1. The van der Waals surface area contributed by atoms with Gasteiger partial charge in [0.15, 0.2) is 9.84 Å². The Labute approximate surface area is 137 Å². The lowest BCUT2D eigenvalue weighted by atomic mass is 10.2.